The van der Waals surface area contributed by atoms with E-state index in [9.17, 15) is 4.79 Å². The Balaban J connectivity index is 1.57. The van der Waals surface area contributed by atoms with Crippen LogP contribution < -0.4 is 4.74 Å². The lowest BCUT2D eigenvalue weighted by atomic mass is 10.1. The summed E-state index contributed by atoms with van der Waals surface area (Å²) in [5.74, 6) is 1.76. The standard InChI is InChI=1S/C23H19NO3/c1-2-23(25)26-20-11-10-17-13-19(9-8-18(17)14-20)21-15-24-22(27-21)12-16-6-4-3-5-7-16/h3-11,13-15H,2,12H2,1H3. The average Bonchev–Trinajstić information content (AvgIpc) is 3.16. The van der Waals surface area contributed by atoms with E-state index in [4.69, 9.17) is 9.15 Å². The van der Waals surface area contributed by atoms with Crippen LogP contribution in [0.25, 0.3) is 22.1 Å². The number of benzene rings is 3. The predicted molar refractivity (Wildman–Crippen MR) is 105 cm³/mol. The van der Waals surface area contributed by atoms with Crippen molar-refractivity contribution in [3.8, 4) is 17.1 Å². The van der Waals surface area contributed by atoms with E-state index in [2.05, 4.69) is 17.1 Å². The summed E-state index contributed by atoms with van der Waals surface area (Å²) in [4.78, 5) is 15.8. The van der Waals surface area contributed by atoms with Gasteiger partial charge < -0.3 is 9.15 Å². The molecule has 0 aliphatic rings. The van der Waals surface area contributed by atoms with Gasteiger partial charge in [-0.15, -0.1) is 0 Å². The number of aromatic nitrogens is 1. The number of nitrogens with zero attached hydrogens (tertiary/aromatic N) is 1. The lowest BCUT2D eigenvalue weighted by molar-refractivity contribution is -0.134. The zero-order chi connectivity index (χ0) is 18.6. The van der Waals surface area contributed by atoms with Crippen molar-refractivity contribution >= 4 is 16.7 Å². The zero-order valence-electron chi connectivity index (χ0n) is 15.0. The first-order valence-electron chi connectivity index (χ1n) is 8.95. The quantitative estimate of drug-likeness (QED) is 0.354. The Labute approximate surface area is 157 Å². The van der Waals surface area contributed by atoms with Crippen molar-refractivity contribution in [3.63, 3.8) is 0 Å². The molecule has 0 amide bonds. The van der Waals surface area contributed by atoms with Crippen LogP contribution in [-0.2, 0) is 11.2 Å². The zero-order valence-corrected chi connectivity index (χ0v) is 15.0. The lowest BCUT2D eigenvalue weighted by Crippen LogP contribution is -2.05. The molecule has 0 bridgehead atoms. The molecule has 4 heteroatoms. The van der Waals surface area contributed by atoms with E-state index in [1.165, 1.54) is 5.56 Å². The topological polar surface area (TPSA) is 52.3 Å². The Morgan fingerprint density at radius 2 is 1.78 bits per heavy atom. The summed E-state index contributed by atoms with van der Waals surface area (Å²) in [6.07, 6.45) is 2.78. The number of hydrogen-bond donors (Lipinski definition) is 0. The van der Waals surface area contributed by atoms with Crippen molar-refractivity contribution < 1.29 is 13.9 Å². The third kappa shape index (κ3) is 3.90. The normalized spacial score (nSPS) is 10.9. The summed E-state index contributed by atoms with van der Waals surface area (Å²) < 4.78 is 11.2. The second-order valence-electron chi connectivity index (χ2n) is 6.33. The van der Waals surface area contributed by atoms with Gasteiger partial charge in [-0.05, 0) is 34.5 Å². The fourth-order valence-corrected chi connectivity index (χ4v) is 2.94. The molecular formula is C23H19NO3. The van der Waals surface area contributed by atoms with Crippen LogP contribution in [0, 0.1) is 0 Å². The van der Waals surface area contributed by atoms with E-state index in [-0.39, 0.29) is 5.97 Å². The number of rotatable bonds is 5. The summed E-state index contributed by atoms with van der Waals surface area (Å²) >= 11 is 0. The second-order valence-corrected chi connectivity index (χ2v) is 6.33. The number of ether oxygens (including phenoxy) is 1. The molecule has 0 spiro atoms. The minimum atomic E-state index is -0.237. The van der Waals surface area contributed by atoms with Crippen molar-refractivity contribution in [2.45, 2.75) is 19.8 Å². The van der Waals surface area contributed by atoms with Crippen LogP contribution in [0.5, 0.6) is 5.75 Å². The Kier molecular flexibility index (Phi) is 4.71. The molecule has 0 atom stereocenters. The minimum Gasteiger partial charge on any atom is -0.440 e. The first kappa shape index (κ1) is 17.0. The first-order chi connectivity index (χ1) is 13.2. The number of oxazole rings is 1. The van der Waals surface area contributed by atoms with Gasteiger partial charge in [-0.2, -0.15) is 0 Å². The largest absolute Gasteiger partial charge is 0.440 e. The number of esters is 1. The summed E-state index contributed by atoms with van der Waals surface area (Å²) in [5.41, 5.74) is 2.13. The van der Waals surface area contributed by atoms with Crippen molar-refractivity contribution in [3.05, 3.63) is 84.4 Å². The summed E-state index contributed by atoms with van der Waals surface area (Å²) in [5, 5.41) is 2.05. The van der Waals surface area contributed by atoms with Gasteiger partial charge in [0.15, 0.2) is 11.7 Å². The first-order valence-corrected chi connectivity index (χ1v) is 8.95. The highest BCUT2D eigenvalue weighted by molar-refractivity contribution is 5.88. The molecule has 0 saturated carbocycles. The van der Waals surface area contributed by atoms with Gasteiger partial charge in [0.1, 0.15) is 5.75 Å². The van der Waals surface area contributed by atoms with E-state index >= 15 is 0 Å². The van der Waals surface area contributed by atoms with Gasteiger partial charge in [0.25, 0.3) is 0 Å². The van der Waals surface area contributed by atoms with E-state index in [0.29, 0.717) is 24.5 Å². The summed E-state index contributed by atoms with van der Waals surface area (Å²) in [7, 11) is 0. The molecule has 27 heavy (non-hydrogen) atoms. The number of hydrogen-bond acceptors (Lipinski definition) is 4. The molecule has 4 nitrogen and oxygen atoms in total. The maximum atomic E-state index is 11.4. The van der Waals surface area contributed by atoms with Crippen molar-refractivity contribution in [1.29, 1.82) is 0 Å². The highest BCUT2D eigenvalue weighted by atomic mass is 16.5. The van der Waals surface area contributed by atoms with Crippen LogP contribution in [0.15, 0.2) is 77.3 Å². The van der Waals surface area contributed by atoms with Gasteiger partial charge >= 0.3 is 5.97 Å². The Hall–Kier alpha value is -3.40. The molecular weight excluding hydrogens is 338 g/mol. The smallest absolute Gasteiger partial charge is 0.310 e. The van der Waals surface area contributed by atoms with Crippen molar-refractivity contribution in [1.82, 2.24) is 4.98 Å². The van der Waals surface area contributed by atoms with Crippen molar-refractivity contribution in [2.75, 3.05) is 0 Å². The molecule has 0 aliphatic carbocycles. The molecule has 0 unspecified atom stereocenters. The molecule has 4 aromatic rings. The Morgan fingerprint density at radius 1 is 1.00 bits per heavy atom. The van der Waals surface area contributed by atoms with Gasteiger partial charge in [0, 0.05) is 18.4 Å². The molecule has 1 aromatic heterocycles. The Morgan fingerprint density at radius 3 is 2.59 bits per heavy atom. The predicted octanol–water partition coefficient (Wildman–Crippen LogP) is 5.40. The average molecular weight is 357 g/mol. The van der Waals surface area contributed by atoms with Crippen LogP contribution >= 0.6 is 0 Å². The van der Waals surface area contributed by atoms with Gasteiger partial charge in [-0.25, -0.2) is 4.98 Å². The van der Waals surface area contributed by atoms with Crippen LogP contribution in [0.3, 0.4) is 0 Å². The molecule has 0 aliphatic heterocycles. The maximum Gasteiger partial charge on any atom is 0.310 e. The molecule has 0 saturated heterocycles. The SMILES string of the molecule is CCC(=O)Oc1ccc2cc(-c3cnc(Cc4ccccc4)o3)ccc2c1. The molecule has 4 rings (SSSR count). The van der Waals surface area contributed by atoms with E-state index in [1.807, 2.05) is 48.5 Å². The van der Waals surface area contributed by atoms with Crippen LogP contribution in [0.1, 0.15) is 24.8 Å². The van der Waals surface area contributed by atoms with Crippen LogP contribution in [-0.4, -0.2) is 11.0 Å². The molecule has 3 aromatic carbocycles. The minimum absolute atomic E-state index is 0.237. The maximum absolute atomic E-state index is 11.4. The molecule has 1 heterocycles. The van der Waals surface area contributed by atoms with Crippen molar-refractivity contribution in [2.24, 2.45) is 0 Å². The van der Waals surface area contributed by atoms with Crippen LogP contribution in [0.4, 0.5) is 0 Å². The molecule has 0 N–H and O–H groups in total. The Bertz CT molecular complexity index is 1080. The lowest BCUT2D eigenvalue weighted by Gasteiger charge is -2.05. The highest BCUT2D eigenvalue weighted by Gasteiger charge is 2.09. The van der Waals surface area contributed by atoms with E-state index in [0.717, 1.165) is 22.1 Å². The van der Waals surface area contributed by atoms with E-state index in [1.54, 1.807) is 19.2 Å². The highest BCUT2D eigenvalue weighted by Crippen LogP contribution is 2.28. The van der Waals surface area contributed by atoms with Gasteiger partial charge in [-0.1, -0.05) is 55.5 Å². The fourth-order valence-electron chi connectivity index (χ4n) is 2.94. The summed E-state index contributed by atoms with van der Waals surface area (Å²) in [6.45, 7) is 1.78. The number of carbonyl (C=O) groups excluding carboxylic acids is 1. The van der Waals surface area contributed by atoms with Gasteiger partial charge in [-0.3, -0.25) is 4.79 Å². The monoisotopic (exact) mass is 357 g/mol. The summed E-state index contributed by atoms with van der Waals surface area (Å²) in [6, 6.07) is 21.8. The fraction of sp³-hybridized carbons (Fsp3) is 0.130. The number of carbonyl (C=O) groups is 1. The number of fused-ring (bicyclic) bond motifs is 1. The molecule has 134 valence electrons. The molecule has 0 radical (unpaired) electrons. The second kappa shape index (κ2) is 7.46. The molecule has 0 fully saturated rings. The van der Waals surface area contributed by atoms with Crippen LogP contribution in [0.2, 0.25) is 0 Å². The van der Waals surface area contributed by atoms with Gasteiger partial charge in [0.05, 0.1) is 6.20 Å². The third-order valence-electron chi connectivity index (χ3n) is 4.37. The third-order valence-corrected chi connectivity index (χ3v) is 4.37. The van der Waals surface area contributed by atoms with E-state index < -0.39 is 0 Å². The van der Waals surface area contributed by atoms with Gasteiger partial charge in [0.2, 0.25) is 0 Å².